The zero-order valence-electron chi connectivity index (χ0n) is 47.3. The van der Waals surface area contributed by atoms with E-state index in [2.05, 4.69) is 317 Å². The molecule has 0 aliphatic rings. The minimum Gasteiger partial charge on any atom is -0.310 e. The second kappa shape index (κ2) is 21.8. The molecule has 0 amide bonds. The van der Waals surface area contributed by atoms with Gasteiger partial charge >= 0.3 is 6.18 Å². The summed E-state index contributed by atoms with van der Waals surface area (Å²) >= 11 is 0. The van der Waals surface area contributed by atoms with Gasteiger partial charge in [0.1, 0.15) is 0 Å². The van der Waals surface area contributed by atoms with E-state index in [1.807, 2.05) is 12.1 Å². The zero-order valence-corrected chi connectivity index (χ0v) is 49.3. The van der Waals surface area contributed by atoms with Gasteiger partial charge in [-0.05, 0) is 139 Å². The summed E-state index contributed by atoms with van der Waals surface area (Å²) in [6, 6.07) is 119. The van der Waals surface area contributed by atoms with Crippen LogP contribution in [-0.4, -0.2) is 25.3 Å². The van der Waals surface area contributed by atoms with E-state index < -0.39 is 27.9 Å². The normalized spacial score (nSPS) is 12.1. The molecule has 0 spiro atoms. The van der Waals surface area contributed by atoms with Crippen LogP contribution in [-0.2, 0) is 6.18 Å². The maximum absolute atomic E-state index is 14.6. The van der Waals surface area contributed by atoms with Gasteiger partial charge in [0, 0.05) is 50.0 Å². The van der Waals surface area contributed by atoms with E-state index in [0.29, 0.717) is 5.69 Å². The van der Waals surface area contributed by atoms with Crippen LogP contribution in [0, 0.1) is 0 Å². The Kier molecular flexibility index (Phi) is 13.4. The Bertz CT molecular complexity index is 4450. The highest BCUT2D eigenvalue weighted by atomic mass is 28.3. The van der Waals surface area contributed by atoms with Crippen molar-refractivity contribution in [1.82, 2.24) is 9.13 Å². The minimum absolute atomic E-state index is 0.592. The van der Waals surface area contributed by atoms with Crippen LogP contribution < -0.4 is 46.4 Å². The molecule has 0 N–H and O–H groups in total. The number of nitrogens with zero attached hydrogens (tertiary/aromatic N) is 3. The molecule has 0 bridgehead atoms. The van der Waals surface area contributed by atoms with Gasteiger partial charge < -0.3 is 14.0 Å². The highest BCUT2D eigenvalue weighted by Gasteiger charge is 2.43. The van der Waals surface area contributed by atoms with Gasteiger partial charge in [-0.1, -0.05) is 243 Å². The molecule has 8 heteroatoms. The molecular weight excluding hydrogens is 1100 g/mol. The van der Waals surface area contributed by atoms with Gasteiger partial charge in [0.25, 0.3) is 0 Å². The number of anilines is 3. The molecule has 0 fully saturated rings. The smallest absolute Gasteiger partial charge is 0.310 e. The number of rotatable bonds is 13. The van der Waals surface area contributed by atoms with Crippen LogP contribution in [0.4, 0.5) is 30.2 Å². The van der Waals surface area contributed by atoms with E-state index in [9.17, 15) is 13.2 Å². The fraction of sp³-hybridized carbons (Fsp3) is 0.0127. The Balaban J connectivity index is 1.00. The van der Waals surface area contributed by atoms with E-state index in [1.54, 1.807) is 12.1 Å². The molecule has 13 aromatic carbocycles. The monoisotopic (exact) mass is 1160 g/mol. The summed E-state index contributed by atoms with van der Waals surface area (Å²) in [6.45, 7) is 0. The van der Waals surface area contributed by atoms with Gasteiger partial charge in [0.05, 0.1) is 27.6 Å². The second-order valence-corrected chi connectivity index (χ2v) is 29.9. The van der Waals surface area contributed by atoms with Crippen molar-refractivity contribution in [3.05, 3.63) is 345 Å². The lowest BCUT2D eigenvalue weighted by atomic mass is 10.1. The number of benzene rings is 13. The molecule has 0 saturated carbocycles. The lowest BCUT2D eigenvalue weighted by Gasteiger charge is -2.34. The van der Waals surface area contributed by atoms with Crippen LogP contribution in [0.15, 0.2) is 340 Å². The molecule has 416 valence electrons. The summed E-state index contributed by atoms with van der Waals surface area (Å²) in [4.78, 5) is 2.12. The maximum atomic E-state index is 14.6. The topological polar surface area (TPSA) is 13.1 Å². The largest absolute Gasteiger partial charge is 0.416 e. The minimum atomic E-state index is -4.52. The fourth-order valence-electron chi connectivity index (χ4n) is 13.9. The Morgan fingerprint density at radius 2 is 0.494 bits per heavy atom. The van der Waals surface area contributed by atoms with E-state index in [1.165, 1.54) is 53.6 Å². The highest BCUT2D eigenvalue weighted by molar-refractivity contribution is 7.20. The molecule has 87 heavy (non-hydrogen) atoms. The van der Waals surface area contributed by atoms with Crippen molar-refractivity contribution in [2.75, 3.05) is 4.90 Å². The van der Waals surface area contributed by atoms with Crippen LogP contribution >= 0.6 is 0 Å². The lowest BCUT2D eigenvalue weighted by molar-refractivity contribution is -0.137. The number of aromatic nitrogens is 2. The number of hydrogen-bond acceptors (Lipinski definition) is 1. The first-order valence-electron chi connectivity index (χ1n) is 29.4. The van der Waals surface area contributed by atoms with Crippen molar-refractivity contribution in [1.29, 1.82) is 0 Å². The summed E-state index contributed by atoms with van der Waals surface area (Å²) in [5.74, 6) is 0. The Labute approximate surface area is 505 Å². The van der Waals surface area contributed by atoms with Gasteiger partial charge in [-0.15, -0.1) is 0 Å². The van der Waals surface area contributed by atoms with Crippen molar-refractivity contribution in [3.8, 4) is 11.4 Å². The average Bonchev–Trinajstić information content (AvgIpc) is 1.86. The van der Waals surface area contributed by atoms with E-state index >= 15 is 0 Å². The van der Waals surface area contributed by atoms with Crippen molar-refractivity contribution in [3.63, 3.8) is 0 Å². The molecule has 3 nitrogen and oxygen atoms in total. The third-order valence-corrected chi connectivity index (χ3v) is 27.2. The van der Waals surface area contributed by atoms with Gasteiger partial charge in [0.15, 0.2) is 16.1 Å². The summed E-state index contributed by atoms with van der Waals surface area (Å²) < 4.78 is 48.4. The number of hydrogen-bond donors (Lipinski definition) is 0. The number of para-hydroxylation sites is 2. The standard InChI is InChI=1S/C79H56F3N3Si2/c80-79(81,82)57-41-43-60(44-42-57)83(61-45-49-75-71(53-61)73-55-69(47-51-77(73)84(75)58-25-9-1-10-26-58)86(63-29-13-3-14-30-63,64-31-15-4-16-32-64)65-33-17-5-18-34-65)62-46-50-76-72(54-62)74-56-70(48-52-78(74)85(76)59-27-11-2-12-28-59)87(66-35-19-6-20-36-66,67-37-21-7-22-38-67)68-39-23-8-24-40-68/h1-56H. The van der Waals surface area contributed by atoms with Crippen molar-refractivity contribution in [2.45, 2.75) is 6.18 Å². The first-order chi connectivity index (χ1) is 42.8. The lowest BCUT2D eigenvalue weighted by Crippen LogP contribution is -2.74. The van der Waals surface area contributed by atoms with Gasteiger partial charge in [0.2, 0.25) is 0 Å². The highest BCUT2D eigenvalue weighted by Crippen LogP contribution is 2.43. The van der Waals surface area contributed by atoms with Crippen molar-refractivity contribution in [2.24, 2.45) is 0 Å². The molecule has 0 saturated heterocycles. The second-order valence-electron chi connectivity index (χ2n) is 22.3. The van der Waals surface area contributed by atoms with E-state index in [0.717, 1.165) is 66.4 Å². The number of fused-ring (bicyclic) bond motifs is 6. The fourth-order valence-corrected chi connectivity index (χ4v) is 23.4. The first kappa shape index (κ1) is 53.2. The van der Waals surface area contributed by atoms with Gasteiger partial charge in [-0.25, -0.2) is 0 Å². The molecule has 2 heterocycles. The third kappa shape index (κ3) is 8.94. The Hall–Kier alpha value is -10.5. The number of alkyl halides is 3. The van der Waals surface area contributed by atoms with E-state index in [-0.39, 0.29) is 0 Å². The Morgan fingerprint density at radius 3 is 0.782 bits per heavy atom. The SMILES string of the molecule is FC(F)(F)c1ccc(N(c2ccc3c(c2)c2cc([Si](c4ccccc4)(c4ccccc4)c4ccccc4)ccc2n3-c2ccccc2)c2ccc3c(c2)c2cc([Si](c4ccccc4)(c4ccccc4)c4ccccc4)ccc2n3-c2ccccc2)cc1. The molecule has 0 aliphatic carbocycles. The van der Waals surface area contributed by atoms with Crippen LogP contribution in [0.2, 0.25) is 0 Å². The molecule has 0 radical (unpaired) electrons. The predicted molar refractivity (Wildman–Crippen MR) is 362 cm³/mol. The maximum Gasteiger partial charge on any atom is 0.416 e. The zero-order chi connectivity index (χ0) is 58.5. The average molecular weight is 1160 g/mol. The van der Waals surface area contributed by atoms with Crippen molar-refractivity contribution < 1.29 is 13.2 Å². The summed E-state index contributed by atoms with van der Waals surface area (Å²) in [6.07, 6.45) is -4.52. The summed E-state index contributed by atoms with van der Waals surface area (Å²) in [5, 5.41) is 14.2. The molecule has 15 rings (SSSR count). The van der Waals surface area contributed by atoms with Gasteiger partial charge in [-0.2, -0.15) is 13.2 Å². The molecule has 0 unspecified atom stereocenters. The van der Waals surface area contributed by atoms with Crippen molar-refractivity contribution >= 4 is 118 Å². The molecular formula is C79H56F3N3Si2. The summed E-state index contributed by atoms with van der Waals surface area (Å²) in [5.41, 5.74) is 7.63. The van der Waals surface area contributed by atoms with E-state index in [4.69, 9.17) is 0 Å². The third-order valence-electron chi connectivity index (χ3n) is 17.6. The van der Waals surface area contributed by atoms with Crippen LogP contribution in [0.25, 0.3) is 55.0 Å². The molecule has 2 aromatic heterocycles. The van der Waals surface area contributed by atoms with Crippen LogP contribution in [0.3, 0.4) is 0 Å². The number of halogens is 3. The van der Waals surface area contributed by atoms with Crippen LogP contribution in [0.1, 0.15) is 5.56 Å². The molecule has 15 aromatic rings. The molecule has 0 atom stereocenters. The Morgan fingerprint density at radius 1 is 0.241 bits per heavy atom. The van der Waals surface area contributed by atoms with Gasteiger partial charge in [-0.3, -0.25) is 0 Å². The summed E-state index contributed by atoms with van der Waals surface area (Å²) in [7, 11) is -5.99. The van der Waals surface area contributed by atoms with Crippen LogP contribution in [0.5, 0.6) is 0 Å². The quantitative estimate of drug-likeness (QED) is 0.0828. The predicted octanol–water partition coefficient (Wildman–Crippen LogP) is 15.1. The molecule has 0 aliphatic heterocycles. The first-order valence-corrected chi connectivity index (χ1v) is 33.4.